The molecular formula is C58H37N3. The Hall–Kier alpha value is -8.14. The fourth-order valence-corrected chi connectivity index (χ4v) is 9.33. The molecule has 0 amide bonds. The maximum atomic E-state index is 5.25. The molecule has 0 fully saturated rings. The summed E-state index contributed by atoms with van der Waals surface area (Å²) >= 11 is 0. The Morgan fingerprint density at radius 3 is 1.66 bits per heavy atom. The SMILES string of the molecule is c1ccc(-c2cc(-c3ccc(-c4cccc5c4c4ccccc4n5-c4ccccc4)cc3)nc(-c3ccc(-c4c5ccccc5cc5c4ccc4ccccc45)cc3)n2)cc1. The highest BCUT2D eigenvalue weighted by Crippen LogP contribution is 2.41. The van der Waals surface area contributed by atoms with E-state index in [1.165, 1.54) is 65.3 Å². The van der Waals surface area contributed by atoms with Crippen LogP contribution in [0.5, 0.6) is 0 Å². The molecule has 284 valence electrons. The lowest BCUT2D eigenvalue weighted by atomic mass is 9.89. The van der Waals surface area contributed by atoms with Crippen molar-refractivity contribution in [2.45, 2.75) is 0 Å². The summed E-state index contributed by atoms with van der Waals surface area (Å²) in [5.74, 6) is 0.694. The minimum absolute atomic E-state index is 0.694. The number of rotatable bonds is 6. The van der Waals surface area contributed by atoms with Gasteiger partial charge in [0.05, 0.1) is 22.4 Å². The minimum Gasteiger partial charge on any atom is -0.309 e. The molecule has 0 bridgehead atoms. The van der Waals surface area contributed by atoms with E-state index in [1.807, 2.05) is 6.07 Å². The third-order valence-electron chi connectivity index (χ3n) is 12.2. The van der Waals surface area contributed by atoms with Crippen LogP contribution in [0.2, 0.25) is 0 Å². The Labute approximate surface area is 353 Å². The zero-order valence-electron chi connectivity index (χ0n) is 33.2. The topological polar surface area (TPSA) is 30.7 Å². The van der Waals surface area contributed by atoms with Crippen molar-refractivity contribution in [1.29, 1.82) is 0 Å². The van der Waals surface area contributed by atoms with E-state index in [1.54, 1.807) is 0 Å². The molecule has 0 radical (unpaired) electrons. The quantitative estimate of drug-likeness (QED) is 0.124. The van der Waals surface area contributed by atoms with E-state index in [2.05, 4.69) is 223 Å². The summed E-state index contributed by atoms with van der Waals surface area (Å²) in [5, 5.41) is 9.98. The number of fused-ring (bicyclic) bond motifs is 7. The van der Waals surface area contributed by atoms with E-state index >= 15 is 0 Å². The molecule has 61 heavy (non-hydrogen) atoms. The molecule has 0 spiro atoms. The molecule has 12 aromatic rings. The lowest BCUT2D eigenvalue weighted by Gasteiger charge is -2.15. The molecule has 0 saturated heterocycles. The van der Waals surface area contributed by atoms with Crippen molar-refractivity contribution in [3.8, 4) is 61.8 Å². The average molecular weight is 776 g/mol. The fourth-order valence-electron chi connectivity index (χ4n) is 9.33. The van der Waals surface area contributed by atoms with Gasteiger partial charge in [0.15, 0.2) is 5.82 Å². The van der Waals surface area contributed by atoms with Crippen molar-refractivity contribution in [3.05, 3.63) is 224 Å². The van der Waals surface area contributed by atoms with Gasteiger partial charge in [-0.15, -0.1) is 0 Å². The second-order valence-electron chi connectivity index (χ2n) is 15.7. The summed E-state index contributed by atoms with van der Waals surface area (Å²) in [6.07, 6.45) is 0. The molecule has 0 aliphatic carbocycles. The molecule has 0 aliphatic rings. The third kappa shape index (κ3) is 5.90. The Balaban J connectivity index is 0.960. The lowest BCUT2D eigenvalue weighted by molar-refractivity contribution is 1.18. The molecule has 10 aromatic carbocycles. The van der Waals surface area contributed by atoms with Gasteiger partial charge >= 0.3 is 0 Å². The van der Waals surface area contributed by atoms with E-state index in [-0.39, 0.29) is 0 Å². The van der Waals surface area contributed by atoms with Crippen LogP contribution in [0.4, 0.5) is 0 Å². The zero-order valence-corrected chi connectivity index (χ0v) is 33.2. The van der Waals surface area contributed by atoms with Crippen molar-refractivity contribution < 1.29 is 0 Å². The van der Waals surface area contributed by atoms with E-state index in [9.17, 15) is 0 Å². The fraction of sp³-hybridized carbons (Fsp3) is 0. The Morgan fingerprint density at radius 1 is 0.311 bits per heavy atom. The largest absolute Gasteiger partial charge is 0.309 e. The van der Waals surface area contributed by atoms with Gasteiger partial charge in [-0.05, 0) is 91.0 Å². The number of nitrogens with zero attached hydrogens (tertiary/aromatic N) is 3. The maximum Gasteiger partial charge on any atom is 0.160 e. The maximum absolute atomic E-state index is 5.25. The molecule has 0 N–H and O–H groups in total. The summed E-state index contributed by atoms with van der Waals surface area (Å²) < 4.78 is 2.37. The van der Waals surface area contributed by atoms with Crippen LogP contribution in [-0.2, 0) is 0 Å². The van der Waals surface area contributed by atoms with Gasteiger partial charge in [-0.25, -0.2) is 9.97 Å². The van der Waals surface area contributed by atoms with Crippen LogP contribution in [-0.4, -0.2) is 14.5 Å². The average Bonchev–Trinajstić information content (AvgIpc) is 3.68. The molecule has 0 unspecified atom stereocenters. The highest BCUT2D eigenvalue weighted by molar-refractivity contribution is 6.20. The summed E-state index contributed by atoms with van der Waals surface area (Å²) in [6.45, 7) is 0. The van der Waals surface area contributed by atoms with Crippen molar-refractivity contribution in [3.63, 3.8) is 0 Å². The lowest BCUT2D eigenvalue weighted by Crippen LogP contribution is -1.96. The van der Waals surface area contributed by atoms with Gasteiger partial charge in [0.1, 0.15) is 0 Å². The second kappa shape index (κ2) is 14.3. The van der Waals surface area contributed by atoms with Gasteiger partial charge in [-0.3, -0.25) is 0 Å². The number of aromatic nitrogens is 3. The van der Waals surface area contributed by atoms with Gasteiger partial charge in [-0.2, -0.15) is 0 Å². The summed E-state index contributed by atoms with van der Waals surface area (Å²) in [5.41, 5.74) is 13.1. The molecule has 2 aromatic heterocycles. The molecule has 2 heterocycles. The summed E-state index contributed by atoms with van der Waals surface area (Å²) in [6, 6.07) is 80.4. The van der Waals surface area contributed by atoms with Crippen molar-refractivity contribution in [1.82, 2.24) is 14.5 Å². The predicted octanol–water partition coefficient (Wildman–Crippen LogP) is 15.4. The van der Waals surface area contributed by atoms with Gasteiger partial charge in [-0.1, -0.05) is 188 Å². The zero-order chi connectivity index (χ0) is 40.3. The van der Waals surface area contributed by atoms with E-state index in [0.29, 0.717) is 5.82 Å². The Bertz CT molecular complexity index is 3610. The van der Waals surface area contributed by atoms with Crippen LogP contribution in [0.15, 0.2) is 224 Å². The Kier molecular flexibility index (Phi) is 8.17. The molecule has 12 rings (SSSR count). The summed E-state index contributed by atoms with van der Waals surface area (Å²) in [7, 11) is 0. The molecule has 0 aliphatic heterocycles. The van der Waals surface area contributed by atoms with Crippen LogP contribution >= 0.6 is 0 Å². The number of hydrogen-bond acceptors (Lipinski definition) is 2. The molecule has 0 atom stereocenters. The first kappa shape index (κ1) is 34.9. The van der Waals surface area contributed by atoms with Crippen molar-refractivity contribution in [2.75, 3.05) is 0 Å². The van der Waals surface area contributed by atoms with E-state index < -0.39 is 0 Å². The highest BCUT2D eigenvalue weighted by atomic mass is 15.0. The van der Waals surface area contributed by atoms with E-state index in [0.717, 1.165) is 44.9 Å². The van der Waals surface area contributed by atoms with Crippen molar-refractivity contribution in [2.24, 2.45) is 0 Å². The van der Waals surface area contributed by atoms with Crippen LogP contribution in [0, 0.1) is 0 Å². The number of hydrogen-bond donors (Lipinski definition) is 0. The van der Waals surface area contributed by atoms with Crippen molar-refractivity contribution >= 4 is 54.1 Å². The minimum atomic E-state index is 0.694. The van der Waals surface area contributed by atoms with Gasteiger partial charge in [0, 0.05) is 33.2 Å². The monoisotopic (exact) mass is 775 g/mol. The van der Waals surface area contributed by atoms with Crippen LogP contribution in [0.25, 0.3) is 116 Å². The van der Waals surface area contributed by atoms with Gasteiger partial charge < -0.3 is 4.57 Å². The normalized spacial score (nSPS) is 11.6. The van der Waals surface area contributed by atoms with Gasteiger partial charge in [0.2, 0.25) is 0 Å². The second-order valence-corrected chi connectivity index (χ2v) is 15.7. The standard InChI is InChI=1S/C58H37N3/c1-3-15-40(16-4-1)52-37-53(41-28-26-39(27-29-41)47-23-13-25-55-57(47)50-22-11-12-24-54(50)61(55)45-18-5-2-6-19-45)60-58(59-52)43-32-30-42(31-33-43)56-48-21-10-8-17-44(48)36-51-46-20-9-7-14-38(46)34-35-49(51)56/h1-37H. The first-order valence-corrected chi connectivity index (χ1v) is 20.8. The predicted molar refractivity (Wildman–Crippen MR) is 256 cm³/mol. The molecule has 3 nitrogen and oxygen atoms in total. The van der Waals surface area contributed by atoms with E-state index in [4.69, 9.17) is 9.97 Å². The summed E-state index contributed by atoms with van der Waals surface area (Å²) in [4.78, 5) is 10.4. The number of para-hydroxylation sites is 2. The first-order chi connectivity index (χ1) is 30.2. The number of benzene rings is 10. The van der Waals surface area contributed by atoms with Crippen LogP contribution < -0.4 is 0 Å². The smallest absolute Gasteiger partial charge is 0.160 e. The van der Waals surface area contributed by atoms with Crippen LogP contribution in [0.3, 0.4) is 0 Å². The van der Waals surface area contributed by atoms with Gasteiger partial charge in [0.25, 0.3) is 0 Å². The molecular weight excluding hydrogens is 739 g/mol. The first-order valence-electron chi connectivity index (χ1n) is 20.8. The Morgan fingerprint density at radius 2 is 0.885 bits per heavy atom. The van der Waals surface area contributed by atoms with Crippen LogP contribution in [0.1, 0.15) is 0 Å². The third-order valence-corrected chi connectivity index (χ3v) is 12.2. The molecule has 3 heteroatoms. The molecule has 0 saturated carbocycles. The highest BCUT2D eigenvalue weighted by Gasteiger charge is 2.18.